The highest BCUT2D eigenvalue weighted by Crippen LogP contribution is 2.12. The average Bonchev–Trinajstić information content (AvgIpc) is 2.80. The zero-order valence-corrected chi connectivity index (χ0v) is 19.8. The molecule has 11 nitrogen and oxygen atoms in total. The second kappa shape index (κ2) is 14.9. The van der Waals surface area contributed by atoms with Crippen LogP contribution in [-0.4, -0.2) is 65.1 Å². The molecule has 4 atom stereocenters. The van der Waals surface area contributed by atoms with Crippen molar-refractivity contribution in [2.45, 2.75) is 64.1 Å². The minimum Gasteiger partial charge on any atom is -0.508 e. The van der Waals surface area contributed by atoms with Crippen molar-refractivity contribution in [3.8, 4) is 5.75 Å². The van der Waals surface area contributed by atoms with Crippen molar-refractivity contribution in [1.29, 1.82) is 0 Å². The molecule has 0 heterocycles. The fourth-order valence-electron chi connectivity index (χ4n) is 3.25. The molecule has 9 N–H and O–H groups in total. The van der Waals surface area contributed by atoms with E-state index in [1.54, 1.807) is 19.1 Å². The quantitative estimate of drug-likeness (QED) is 0.165. The van der Waals surface area contributed by atoms with Crippen LogP contribution in [0.3, 0.4) is 0 Å². The molecule has 1 aromatic carbocycles. The van der Waals surface area contributed by atoms with Crippen LogP contribution >= 0.6 is 0 Å². The number of unbranched alkanes of at least 4 members (excludes halogenated alkanes) is 1. The molecule has 0 aliphatic carbocycles. The number of phenolic OH excluding ortho intramolecular Hbond substituents is 1. The Kier molecular flexibility index (Phi) is 12.6. The van der Waals surface area contributed by atoms with Crippen LogP contribution in [0.2, 0.25) is 0 Å². The number of carbonyl (C=O) groups is 4. The smallest absolute Gasteiger partial charge is 0.322 e. The van der Waals surface area contributed by atoms with Gasteiger partial charge in [-0.3, -0.25) is 19.2 Å². The summed E-state index contributed by atoms with van der Waals surface area (Å²) in [4.78, 5) is 49.0. The van der Waals surface area contributed by atoms with E-state index in [-0.39, 0.29) is 18.1 Å². The van der Waals surface area contributed by atoms with Crippen LogP contribution in [0.1, 0.15) is 45.1 Å². The number of nitrogens with one attached hydrogen (secondary N) is 3. The Morgan fingerprint density at radius 3 is 2.21 bits per heavy atom. The summed E-state index contributed by atoms with van der Waals surface area (Å²) in [6, 6.07) is 3.46. The summed E-state index contributed by atoms with van der Waals surface area (Å²) in [7, 11) is 0. The van der Waals surface area contributed by atoms with Gasteiger partial charge in [-0.05, 0) is 55.8 Å². The lowest BCUT2D eigenvalue weighted by Gasteiger charge is -2.27. The molecule has 190 valence electrons. The van der Waals surface area contributed by atoms with Crippen molar-refractivity contribution in [3.63, 3.8) is 0 Å². The van der Waals surface area contributed by atoms with Gasteiger partial charge in [-0.15, -0.1) is 0 Å². The minimum atomic E-state index is -1.20. The SMILES string of the molecule is CCC(C)C(NC(=O)C(CCCCN)NC(=O)C(N)Cc1ccc(O)cc1)C(=O)NCC(=O)O. The first-order chi connectivity index (χ1) is 16.1. The van der Waals surface area contributed by atoms with Crippen molar-refractivity contribution in [2.24, 2.45) is 17.4 Å². The molecule has 0 radical (unpaired) electrons. The summed E-state index contributed by atoms with van der Waals surface area (Å²) in [6.45, 7) is 3.47. The number of carbonyl (C=O) groups excluding carboxylic acids is 3. The van der Waals surface area contributed by atoms with Crippen molar-refractivity contribution >= 4 is 23.7 Å². The predicted molar refractivity (Wildman–Crippen MR) is 127 cm³/mol. The number of amides is 3. The number of benzene rings is 1. The molecule has 0 aliphatic heterocycles. The highest BCUT2D eigenvalue weighted by atomic mass is 16.4. The maximum absolute atomic E-state index is 13.0. The molecule has 11 heteroatoms. The molecule has 1 aromatic rings. The van der Waals surface area contributed by atoms with Crippen LogP contribution in [0, 0.1) is 5.92 Å². The monoisotopic (exact) mass is 479 g/mol. The van der Waals surface area contributed by atoms with Crippen LogP contribution in [-0.2, 0) is 25.6 Å². The van der Waals surface area contributed by atoms with Crippen LogP contribution < -0.4 is 27.4 Å². The third kappa shape index (κ3) is 10.2. The van der Waals surface area contributed by atoms with Gasteiger partial charge in [0, 0.05) is 0 Å². The lowest BCUT2D eigenvalue weighted by atomic mass is 9.97. The van der Waals surface area contributed by atoms with Gasteiger partial charge in [0.1, 0.15) is 24.4 Å². The van der Waals surface area contributed by atoms with Crippen LogP contribution in [0.25, 0.3) is 0 Å². The van der Waals surface area contributed by atoms with Gasteiger partial charge < -0.3 is 37.6 Å². The molecule has 4 unspecified atom stereocenters. The third-order valence-electron chi connectivity index (χ3n) is 5.52. The van der Waals surface area contributed by atoms with Gasteiger partial charge in [0.2, 0.25) is 17.7 Å². The van der Waals surface area contributed by atoms with E-state index in [1.165, 1.54) is 12.1 Å². The van der Waals surface area contributed by atoms with E-state index in [0.717, 1.165) is 5.56 Å². The molecule has 0 fully saturated rings. The van der Waals surface area contributed by atoms with Crippen molar-refractivity contribution < 1.29 is 29.4 Å². The number of hydrogen-bond donors (Lipinski definition) is 7. The zero-order valence-electron chi connectivity index (χ0n) is 19.8. The number of aromatic hydroxyl groups is 1. The van der Waals surface area contributed by atoms with E-state index in [2.05, 4.69) is 16.0 Å². The van der Waals surface area contributed by atoms with Crippen molar-refractivity contribution in [3.05, 3.63) is 29.8 Å². The highest BCUT2D eigenvalue weighted by Gasteiger charge is 2.30. The summed E-state index contributed by atoms with van der Waals surface area (Å²) < 4.78 is 0. The molecule has 34 heavy (non-hydrogen) atoms. The molecular formula is C23H37N5O6. The van der Waals surface area contributed by atoms with Gasteiger partial charge in [-0.2, -0.15) is 0 Å². The number of carboxylic acids is 1. The summed E-state index contributed by atoms with van der Waals surface area (Å²) in [5.74, 6) is -3.07. The number of carboxylic acid groups (broad SMARTS) is 1. The topological polar surface area (TPSA) is 197 Å². The number of hydrogen-bond acceptors (Lipinski definition) is 7. The summed E-state index contributed by atoms with van der Waals surface area (Å²) in [5.41, 5.74) is 12.3. The van der Waals surface area contributed by atoms with E-state index in [1.807, 2.05) is 6.92 Å². The van der Waals surface area contributed by atoms with Crippen molar-refractivity contribution in [1.82, 2.24) is 16.0 Å². The maximum atomic E-state index is 13.0. The summed E-state index contributed by atoms with van der Waals surface area (Å²) in [6.07, 6.45) is 2.28. The number of nitrogens with two attached hydrogens (primary N) is 2. The standard InChI is InChI=1S/C23H37N5O6/c1-3-14(2)20(23(34)26-13-19(30)31)28-22(33)18(6-4-5-11-24)27-21(32)17(25)12-15-7-9-16(29)10-8-15/h7-10,14,17-18,20,29H,3-6,11-13,24-25H2,1-2H3,(H,26,34)(H,27,32)(H,28,33)(H,30,31). The van der Waals surface area contributed by atoms with Crippen molar-refractivity contribution in [2.75, 3.05) is 13.1 Å². The molecule has 0 spiro atoms. The van der Waals surface area contributed by atoms with Gasteiger partial charge in [-0.25, -0.2) is 0 Å². The van der Waals surface area contributed by atoms with E-state index in [0.29, 0.717) is 32.2 Å². The molecule has 0 aliphatic rings. The Balaban J connectivity index is 2.89. The van der Waals surface area contributed by atoms with E-state index < -0.39 is 48.4 Å². The molecule has 0 saturated carbocycles. The Hall–Kier alpha value is -3.18. The Labute approximate surface area is 199 Å². The summed E-state index contributed by atoms with van der Waals surface area (Å²) >= 11 is 0. The van der Waals surface area contributed by atoms with Gasteiger partial charge in [0.15, 0.2) is 0 Å². The Morgan fingerprint density at radius 2 is 1.65 bits per heavy atom. The van der Waals surface area contributed by atoms with Gasteiger partial charge in [-0.1, -0.05) is 32.4 Å². The Morgan fingerprint density at radius 1 is 1.00 bits per heavy atom. The van der Waals surface area contributed by atoms with Crippen LogP contribution in [0.5, 0.6) is 5.75 Å². The first kappa shape index (κ1) is 28.9. The lowest BCUT2D eigenvalue weighted by Crippen LogP contribution is -2.57. The lowest BCUT2D eigenvalue weighted by molar-refractivity contribution is -0.139. The van der Waals surface area contributed by atoms with E-state index >= 15 is 0 Å². The van der Waals surface area contributed by atoms with Gasteiger partial charge in [0.05, 0.1) is 6.04 Å². The van der Waals surface area contributed by atoms with Crippen LogP contribution in [0.15, 0.2) is 24.3 Å². The van der Waals surface area contributed by atoms with Gasteiger partial charge in [0.25, 0.3) is 0 Å². The number of rotatable bonds is 15. The minimum absolute atomic E-state index is 0.0988. The van der Waals surface area contributed by atoms with Crippen LogP contribution in [0.4, 0.5) is 0 Å². The second-order valence-electron chi connectivity index (χ2n) is 8.31. The molecular weight excluding hydrogens is 442 g/mol. The largest absolute Gasteiger partial charge is 0.508 e. The summed E-state index contributed by atoms with van der Waals surface area (Å²) in [5, 5.41) is 25.8. The molecule has 0 bridgehead atoms. The normalized spacial score (nSPS) is 14.4. The average molecular weight is 480 g/mol. The second-order valence-corrected chi connectivity index (χ2v) is 8.31. The molecule has 1 rings (SSSR count). The van der Waals surface area contributed by atoms with E-state index in [9.17, 15) is 24.3 Å². The Bertz CT molecular complexity index is 817. The highest BCUT2D eigenvalue weighted by molar-refractivity contribution is 5.93. The first-order valence-corrected chi connectivity index (χ1v) is 11.4. The molecule has 0 aromatic heterocycles. The fourth-order valence-corrected chi connectivity index (χ4v) is 3.25. The van der Waals surface area contributed by atoms with E-state index in [4.69, 9.17) is 16.6 Å². The predicted octanol–water partition coefficient (Wildman–Crippen LogP) is -0.392. The number of aliphatic carboxylic acids is 1. The first-order valence-electron chi connectivity index (χ1n) is 11.4. The number of phenols is 1. The maximum Gasteiger partial charge on any atom is 0.322 e. The molecule has 0 saturated heterocycles. The third-order valence-corrected chi connectivity index (χ3v) is 5.52. The zero-order chi connectivity index (χ0) is 25.7. The molecule has 3 amide bonds. The fraction of sp³-hybridized carbons (Fsp3) is 0.565. The van der Waals surface area contributed by atoms with Gasteiger partial charge >= 0.3 is 5.97 Å².